The van der Waals surface area contributed by atoms with E-state index in [1.54, 1.807) is 50.2 Å². The summed E-state index contributed by atoms with van der Waals surface area (Å²) in [4.78, 5) is 23.4. The van der Waals surface area contributed by atoms with Crippen molar-refractivity contribution in [1.29, 1.82) is 0 Å². The summed E-state index contributed by atoms with van der Waals surface area (Å²) in [6.07, 6.45) is -4.07. The van der Waals surface area contributed by atoms with Gasteiger partial charge in [0, 0.05) is 24.2 Å². The molecular formula is C25H26F3N3O3. The van der Waals surface area contributed by atoms with Gasteiger partial charge in [-0.05, 0) is 75.2 Å². The molecule has 2 aromatic carbocycles. The van der Waals surface area contributed by atoms with Crippen molar-refractivity contribution in [2.75, 3.05) is 6.61 Å². The van der Waals surface area contributed by atoms with E-state index < -0.39 is 11.7 Å². The van der Waals surface area contributed by atoms with Crippen LogP contribution in [0.5, 0.6) is 5.75 Å². The number of hydrogen-bond acceptors (Lipinski definition) is 4. The molecule has 1 N–H and O–H groups in total. The highest BCUT2D eigenvalue weighted by molar-refractivity contribution is 5.94. The number of Topliss-reactive ketones (excluding diaryl/α,β-unsaturated/α-hetero) is 1. The van der Waals surface area contributed by atoms with Crippen molar-refractivity contribution in [2.24, 2.45) is 0 Å². The van der Waals surface area contributed by atoms with E-state index in [9.17, 15) is 22.8 Å². The molecule has 0 fully saturated rings. The summed E-state index contributed by atoms with van der Waals surface area (Å²) in [6, 6.07) is 12.4. The molecule has 1 amide bonds. The van der Waals surface area contributed by atoms with Gasteiger partial charge in [-0.3, -0.25) is 9.59 Å². The number of amides is 1. The van der Waals surface area contributed by atoms with E-state index >= 15 is 0 Å². The van der Waals surface area contributed by atoms with Crippen molar-refractivity contribution in [2.45, 2.75) is 46.3 Å². The molecule has 3 rings (SSSR count). The van der Waals surface area contributed by atoms with Gasteiger partial charge < -0.3 is 10.1 Å². The van der Waals surface area contributed by atoms with Gasteiger partial charge in [-0.1, -0.05) is 6.07 Å². The predicted molar refractivity (Wildman–Crippen MR) is 121 cm³/mol. The second-order valence-electron chi connectivity index (χ2n) is 7.99. The molecule has 0 aliphatic rings. The summed E-state index contributed by atoms with van der Waals surface area (Å²) in [5, 5.41) is 6.79. The largest absolute Gasteiger partial charge is 0.494 e. The van der Waals surface area contributed by atoms with Gasteiger partial charge in [0.2, 0.25) is 5.91 Å². The molecule has 0 bridgehead atoms. The predicted octanol–water partition coefficient (Wildman–Crippen LogP) is 5.19. The number of rotatable bonds is 9. The molecule has 1 heterocycles. The van der Waals surface area contributed by atoms with Gasteiger partial charge in [0.25, 0.3) is 0 Å². The van der Waals surface area contributed by atoms with Crippen LogP contribution in [0, 0.1) is 13.8 Å². The number of hydrogen-bond donors (Lipinski definition) is 1. The lowest BCUT2D eigenvalue weighted by Crippen LogP contribution is -2.25. The number of ketones is 1. The molecular weight excluding hydrogens is 447 g/mol. The monoisotopic (exact) mass is 473 g/mol. The molecule has 0 unspecified atom stereocenters. The number of carbonyl (C=O) groups is 2. The van der Waals surface area contributed by atoms with Crippen molar-refractivity contribution in [3.63, 3.8) is 0 Å². The number of alkyl halides is 3. The first-order valence-electron chi connectivity index (χ1n) is 10.8. The zero-order valence-corrected chi connectivity index (χ0v) is 19.2. The van der Waals surface area contributed by atoms with Crippen LogP contribution in [0.1, 0.15) is 52.6 Å². The minimum atomic E-state index is -4.57. The normalized spacial score (nSPS) is 11.4. The fourth-order valence-electron chi connectivity index (χ4n) is 3.50. The molecule has 9 heteroatoms. The van der Waals surface area contributed by atoms with Crippen LogP contribution in [-0.4, -0.2) is 28.1 Å². The third kappa shape index (κ3) is 6.46. The Hall–Kier alpha value is -3.62. The van der Waals surface area contributed by atoms with Crippen molar-refractivity contribution >= 4 is 11.7 Å². The first-order valence-corrected chi connectivity index (χ1v) is 10.8. The Bertz CT molecular complexity index is 1170. The zero-order chi connectivity index (χ0) is 24.9. The summed E-state index contributed by atoms with van der Waals surface area (Å²) in [5.41, 5.74) is 1.49. The average Bonchev–Trinajstić information content (AvgIpc) is 3.12. The molecule has 0 atom stereocenters. The zero-order valence-electron chi connectivity index (χ0n) is 19.2. The van der Waals surface area contributed by atoms with Crippen LogP contribution in [0.4, 0.5) is 13.2 Å². The highest BCUT2D eigenvalue weighted by Crippen LogP contribution is 2.33. The van der Waals surface area contributed by atoms with Crippen molar-refractivity contribution in [3.8, 4) is 11.4 Å². The van der Waals surface area contributed by atoms with Gasteiger partial charge in [0.15, 0.2) is 5.78 Å². The molecule has 0 spiro atoms. The summed E-state index contributed by atoms with van der Waals surface area (Å²) in [7, 11) is 0. The van der Waals surface area contributed by atoms with E-state index in [0.717, 1.165) is 11.8 Å². The maximum atomic E-state index is 13.7. The molecule has 0 aliphatic carbocycles. The van der Waals surface area contributed by atoms with Gasteiger partial charge >= 0.3 is 6.18 Å². The number of aryl methyl sites for hydroxylation is 2. The topological polar surface area (TPSA) is 73.2 Å². The summed E-state index contributed by atoms with van der Waals surface area (Å²) in [6.45, 7) is 5.04. The molecule has 34 heavy (non-hydrogen) atoms. The number of nitrogens with one attached hydrogen (secondary N) is 1. The Morgan fingerprint density at radius 3 is 2.35 bits per heavy atom. The highest BCUT2D eigenvalue weighted by atomic mass is 19.4. The Morgan fingerprint density at radius 1 is 1.06 bits per heavy atom. The molecule has 0 aliphatic heterocycles. The molecule has 180 valence electrons. The quantitative estimate of drug-likeness (QED) is 0.343. The first-order chi connectivity index (χ1) is 16.0. The van der Waals surface area contributed by atoms with Gasteiger partial charge in [-0.15, -0.1) is 0 Å². The Balaban J connectivity index is 1.55. The molecule has 6 nitrogen and oxygen atoms in total. The molecule has 0 saturated heterocycles. The number of carbonyl (C=O) groups excluding carboxylic acids is 2. The third-order valence-electron chi connectivity index (χ3n) is 5.21. The fraction of sp³-hybridized carbons (Fsp3) is 0.320. The lowest BCUT2D eigenvalue weighted by molar-refractivity contribution is -0.138. The number of halogens is 3. The number of nitrogens with zero attached hydrogens (tertiary/aromatic N) is 2. The average molecular weight is 473 g/mol. The van der Waals surface area contributed by atoms with Crippen molar-refractivity contribution < 1.29 is 27.5 Å². The smallest absolute Gasteiger partial charge is 0.416 e. The Labute approximate surface area is 195 Å². The lowest BCUT2D eigenvalue weighted by atomic mass is 10.1. The van der Waals surface area contributed by atoms with Crippen LogP contribution in [-0.2, 0) is 17.5 Å². The fourth-order valence-corrected chi connectivity index (χ4v) is 3.50. The van der Waals surface area contributed by atoms with Crippen LogP contribution in [0.15, 0.2) is 48.5 Å². The van der Waals surface area contributed by atoms with Gasteiger partial charge in [-0.2, -0.15) is 18.3 Å². The first kappa shape index (κ1) is 25.0. The minimum Gasteiger partial charge on any atom is -0.494 e. The Morgan fingerprint density at radius 2 is 1.76 bits per heavy atom. The second-order valence-corrected chi connectivity index (χ2v) is 7.99. The van der Waals surface area contributed by atoms with Crippen LogP contribution < -0.4 is 10.1 Å². The van der Waals surface area contributed by atoms with Crippen LogP contribution in [0.25, 0.3) is 5.69 Å². The van der Waals surface area contributed by atoms with E-state index in [1.165, 1.54) is 17.7 Å². The van der Waals surface area contributed by atoms with Crippen LogP contribution in [0.3, 0.4) is 0 Å². The Kier molecular flexibility index (Phi) is 7.75. The van der Waals surface area contributed by atoms with E-state index in [-0.39, 0.29) is 36.8 Å². The molecule has 0 radical (unpaired) electrons. The number of ether oxygens (including phenoxy) is 1. The third-order valence-corrected chi connectivity index (χ3v) is 5.21. The maximum Gasteiger partial charge on any atom is 0.416 e. The van der Waals surface area contributed by atoms with E-state index in [4.69, 9.17) is 4.74 Å². The summed E-state index contributed by atoms with van der Waals surface area (Å²) < 4.78 is 48.0. The summed E-state index contributed by atoms with van der Waals surface area (Å²) >= 11 is 0. The number of aromatic nitrogens is 2. The maximum absolute atomic E-state index is 13.7. The lowest BCUT2D eigenvalue weighted by Gasteiger charge is -2.16. The van der Waals surface area contributed by atoms with Crippen LogP contribution in [0.2, 0.25) is 0 Å². The standard InChI is InChI=1S/C25H26F3N3O3/c1-16-13-17(2)31(30-16)21-9-6-20(23(14-21)25(26,27)28)15-29-24(33)5-4-12-34-22-10-7-19(8-11-22)18(3)32/h6-11,13-14H,4-5,12,15H2,1-3H3,(H,29,33). The SMILES string of the molecule is CC(=O)c1ccc(OCCCC(=O)NCc2ccc(-n3nc(C)cc3C)cc2C(F)(F)F)cc1. The van der Waals surface area contributed by atoms with Crippen LogP contribution >= 0.6 is 0 Å². The van der Waals surface area contributed by atoms with Gasteiger partial charge in [0.05, 0.1) is 23.6 Å². The van der Waals surface area contributed by atoms with E-state index in [2.05, 4.69) is 10.4 Å². The van der Waals surface area contributed by atoms with E-state index in [1.807, 2.05) is 0 Å². The minimum absolute atomic E-state index is 0.0204. The van der Waals surface area contributed by atoms with Gasteiger partial charge in [0.1, 0.15) is 5.75 Å². The van der Waals surface area contributed by atoms with Gasteiger partial charge in [-0.25, -0.2) is 4.68 Å². The summed E-state index contributed by atoms with van der Waals surface area (Å²) in [5.74, 6) is 0.160. The molecule has 1 aromatic heterocycles. The van der Waals surface area contributed by atoms with Crippen molar-refractivity contribution in [1.82, 2.24) is 15.1 Å². The van der Waals surface area contributed by atoms with Crippen molar-refractivity contribution in [3.05, 3.63) is 76.6 Å². The highest BCUT2D eigenvalue weighted by Gasteiger charge is 2.34. The second kappa shape index (κ2) is 10.5. The molecule has 0 saturated carbocycles. The van der Waals surface area contributed by atoms with E-state index in [0.29, 0.717) is 29.1 Å². The number of benzene rings is 2. The molecule has 3 aromatic rings.